The Bertz CT molecular complexity index is 1140. The monoisotopic (exact) mass is 454 g/mol. The number of hydrogen-bond acceptors (Lipinski definition) is 4. The highest BCUT2D eigenvalue weighted by atomic mass is 32.2. The van der Waals surface area contributed by atoms with Crippen molar-refractivity contribution >= 4 is 32.4 Å². The van der Waals surface area contributed by atoms with Crippen LogP contribution in [0.15, 0.2) is 66.7 Å². The third-order valence-corrected chi connectivity index (χ3v) is 6.42. The molecule has 0 aliphatic heterocycles. The molecule has 0 fully saturated rings. The Morgan fingerprint density at radius 3 is 2.44 bits per heavy atom. The summed E-state index contributed by atoms with van der Waals surface area (Å²) in [7, 11) is -3.42. The van der Waals surface area contributed by atoms with Crippen molar-refractivity contribution in [2.45, 2.75) is 26.2 Å². The van der Waals surface area contributed by atoms with Gasteiger partial charge in [0.25, 0.3) is 0 Å². The number of carbonyl (C=O) groups excluding carboxylic acids is 1. The van der Waals surface area contributed by atoms with Gasteiger partial charge in [0.1, 0.15) is 12.4 Å². The highest BCUT2D eigenvalue weighted by molar-refractivity contribution is 7.92. The Balaban J connectivity index is 1.44. The summed E-state index contributed by atoms with van der Waals surface area (Å²) >= 11 is 0. The largest absolute Gasteiger partial charge is 0.491 e. The van der Waals surface area contributed by atoms with E-state index in [9.17, 15) is 13.2 Å². The van der Waals surface area contributed by atoms with Crippen LogP contribution in [0.25, 0.3) is 10.8 Å². The van der Waals surface area contributed by atoms with Gasteiger partial charge in [0, 0.05) is 18.4 Å². The molecule has 3 rings (SSSR count). The number of hydrogen-bond donors (Lipinski definition) is 1. The molecule has 32 heavy (non-hydrogen) atoms. The maximum absolute atomic E-state index is 12.2. The van der Waals surface area contributed by atoms with E-state index in [0.29, 0.717) is 25.3 Å². The van der Waals surface area contributed by atoms with Crippen LogP contribution in [0, 0.1) is 0 Å². The van der Waals surface area contributed by atoms with Crippen LogP contribution in [0.2, 0.25) is 0 Å². The fraction of sp³-hybridized carbons (Fsp3) is 0.320. The Labute approximate surface area is 190 Å². The van der Waals surface area contributed by atoms with Crippen LogP contribution >= 0.6 is 0 Å². The van der Waals surface area contributed by atoms with E-state index in [0.717, 1.165) is 28.5 Å². The summed E-state index contributed by atoms with van der Waals surface area (Å²) in [5.41, 5.74) is 1.76. The zero-order valence-electron chi connectivity index (χ0n) is 18.6. The average Bonchev–Trinajstić information content (AvgIpc) is 2.79. The van der Waals surface area contributed by atoms with Crippen LogP contribution in [-0.4, -0.2) is 40.3 Å². The molecular formula is C25H30N2O4S. The van der Waals surface area contributed by atoms with Gasteiger partial charge in [-0.1, -0.05) is 55.5 Å². The van der Waals surface area contributed by atoms with E-state index in [1.807, 2.05) is 66.7 Å². The van der Waals surface area contributed by atoms with E-state index in [4.69, 9.17) is 4.74 Å². The first-order chi connectivity index (χ1) is 15.4. The highest BCUT2D eigenvalue weighted by Crippen LogP contribution is 2.25. The van der Waals surface area contributed by atoms with E-state index in [1.165, 1.54) is 10.6 Å². The molecule has 0 aliphatic rings. The number of rotatable bonds is 11. The number of nitrogens with one attached hydrogen (secondary N) is 1. The number of fused-ring (bicyclic) bond motifs is 1. The van der Waals surface area contributed by atoms with E-state index in [1.54, 1.807) is 0 Å². The maximum Gasteiger partial charge on any atom is 0.232 e. The quantitative estimate of drug-likeness (QED) is 0.442. The van der Waals surface area contributed by atoms with Crippen LogP contribution in [0.1, 0.15) is 25.3 Å². The summed E-state index contributed by atoms with van der Waals surface area (Å²) in [5, 5.41) is 4.98. The molecule has 3 aromatic rings. The van der Waals surface area contributed by atoms with Crippen molar-refractivity contribution in [2.75, 3.05) is 30.3 Å². The van der Waals surface area contributed by atoms with Crippen molar-refractivity contribution in [3.8, 4) is 5.75 Å². The van der Waals surface area contributed by atoms with Gasteiger partial charge < -0.3 is 10.1 Å². The van der Waals surface area contributed by atoms with Crippen LogP contribution < -0.4 is 14.4 Å². The molecule has 7 heteroatoms. The van der Waals surface area contributed by atoms with Gasteiger partial charge in [-0.15, -0.1) is 0 Å². The van der Waals surface area contributed by atoms with Gasteiger partial charge in [-0.2, -0.15) is 0 Å². The van der Waals surface area contributed by atoms with Crippen LogP contribution in [0.4, 0.5) is 5.69 Å². The summed E-state index contributed by atoms with van der Waals surface area (Å²) in [6, 6.07) is 21.3. The minimum absolute atomic E-state index is 0.124. The number of anilines is 1. The van der Waals surface area contributed by atoms with Gasteiger partial charge in [0.05, 0.1) is 18.5 Å². The number of sulfonamides is 1. The third kappa shape index (κ3) is 6.47. The number of ether oxygens (including phenoxy) is 1. The maximum atomic E-state index is 12.2. The summed E-state index contributed by atoms with van der Waals surface area (Å²) in [6.07, 6.45) is 2.75. The molecule has 0 atom stereocenters. The first-order valence-electron chi connectivity index (χ1n) is 10.8. The Kier molecular flexibility index (Phi) is 8.11. The molecule has 0 saturated carbocycles. The molecule has 0 aliphatic carbocycles. The molecule has 6 nitrogen and oxygen atoms in total. The lowest BCUT2D eigenvalue weighted by Gasteiger charge is -2.22. The molecule has 1 N–H and O–H groups in total. The molecular weight excluding hydrogens is 424 g/mol. The topological polar surface area (TPSA) is 75.7 Å². The van der Waals surface area contributed by atoms with E-state index in [-0.39, 0.29) is 18.9 Å². The molecule has 0 saturated heterocycles. The van der Waals surface area contributed by atoms with Gasteiger partial charge >= 0.3 is 0 Å². The number of nitrogens with zero attached hydrogens (tertiary/aromatic N) is 1. The Morgan fingerprint density at radius 1 is 1.00 bits per heavy atom. The minimum Gasteiger partial charge on any atom is -0.491 e. The van der Waals surface area contributed by atoms with Crippen molar-refractivity contribution in [1.82, 2.24) is 5.32 Å². The predicted octanol–water partition coefficient (Wildman–Crippen LogP) is 4.14. The standard InChI is InChI=1S/C25H30N2O4S/c1-3-20-13-15-22(16-14-20)27(32(2,29)30)18-7-12-25(28)26-17-19-31-24-11-6-9-21-8-4-5-10-23(21)24/h4-6,8-11,13-16H,3,7,12,17-19H2,1-2H3,(H,26,28). The number of amides is 1. The molecule has 170 valence electrons. The minimum atomic E-state index is -3.42. The van der Waals surface area contributed by atoms with Gasteiger partial charge in [-0.05, 0) is 42.0 Å². The Hall–Kier alpha value is -3.06. The van der Waals surface area contributed by atoms with Gasteiger partial charge in [-0.3, -0.25) is 9.10 Å². The molecule has 0 spiro atoms. The van der Waals surface area contributed by atoms with Crippen molar-refractivity contribution in [3.05, 3.63) is 72.3 Å². The summed E-state index contributed by atoms with van der Waals surface area (Å²) in [6.45, 7) is 3.05. The number of aryl methyl sites for hydroxylation is 1. The second-order valence-electron chi connectivity index (χ2n) is 7.63. The molecule has 3 aromatic carbocycles. The van der Waals surface area contributed by atoms with Crippen molar-refractivity contribution in [3.63, 3.8) is 0 Å². The fourth-order valence-electron chi connectivity index (χ4n) is 3.53. The zero-order chi connectivity index (χ0) is 23.0. The summed E-state index contributed by atoms with van der Waals surface area (Å²) < 4.78 is 31.6. The summed E-state index contributed by atoms with van der Waals surface area (Å²) in [4.78, 5) is 12.2. The number of carbonyl (C=O) groups is 1. The average molecular weight is 455 g/mol. The lowest BCUT2D eigenvalue weighted by atomic mass is 10.1. The van der Waals surface area contributed by atoms with E-state index in [2.05, 4.69) is 12.2 Å². The van der Waals surface area contributed by atoms with Crippen LogP contribution in [-0.2, 0) is 21.2 Å². The second kappa shape index (κ2) is 11.0. The van der Waals surface area contributed by atoms with Crippen LogP contribution in [0.5, 0.6) is 5.75 Å². The lowest BCUT2D eigenvalue weighted by molar-refractivity contribution is -0.121. The number of benzene rings is 3. The molecule has 0 bridgehead atoms. The third-order valence-electron chi connectivity index (χ3n) is 5.23. The highest BCUT2D eigenvalue weighted by Gasteiger charge is 2.17. The van der Waals surface area contributed by atoms with Crippen molar-refractivity contribution in [2.24, 2.45) is 0 Å². The fourth-order valence-corrected chi connectivity index (χ4v) is 4.49. The van der Waals surface area contributed by atoms with Crippen molar-refractivity contribution in [1.29, 1.82) is 0 Å². The van der Waals surface area contributed by atoms with Crippen LogP contribution in [0.3, 0.4) is 0 Å². The molecule has 1 amide bonds. The smallest absolute Gasteiger partial charge is 0.232 e. The first kappa shape index (κ1) is 23.6. The first-order valence-corrected chi connectivity index (χ1v) is 12.7. The molecule has 0 radical (unpaired) electrons. The lowest BCUT2D eigenvalue weighted by Crippen LogP contribution is -2.32. The van der Waals surface area contributed by atoms with E-state index < -0.39 is 10.0 Å². The second-order valence-corrected chi connectivity index (χ2v) is 9.54. The van der Waals surface area contributed by atoms with Gasteiger partial charge in [0.2, 0.25) is 15.9 Å². The summed E-state index contributed by atoms with van der Waals surface area (Å²) in [5.74, 6) is 0.663. The SMILES string of the molecule is CCc1ccc(N(CCCC(=O)NCCOc2cccc3ccccc23)S(C)(=O)=O)cc1. The van der Waals surface area contributed by atoms with E-state index >= 15 is 0 Å². The molecule has 0 heterocycles. The zero-order valence-corrected chi connectivity index (χ0v) is 19.4. The van der Waals surface area contributed by atoms with Gasteiger partial charge in [0.15, 0.2) is 0 Å². The molecule has 0 aromatic heterocycles. The predicted molar refractivity (Wildman–Crippen MR) is 130 cm³/mol. The normalized spacial score (nSPS) is 11.3. The molecule has 0 unspecified atom stereocenters. The van der Waals surface area contributed by atoms with Crippen molar-refractivity contribution < 1.29 is 17.9 Å². The Morgan fingerprint density at radius 2 is 1.72 bits per heavy atom. The van der Waals surface area contributed by atoms with Gasteiger partial charge in [-0.25, -0.2) is 8.42 Å².